The van der Waals surface area contributed by atoms with Crippen molar-refractivity contribution in [3.63, 3.8) is 0 Å². The van der Waals surface area contributed by atoms with Crippen LogP contribution in [0.5, 0.6) is 0 Å². The Bertz CT molecular complexity index is 492. The molecule has 1 aromatic heterocycles. The van der Waals surface area contributed by atoms with Gasteiger partial charge in [-0.2, -0.15) is 4.68 Å². The lowest BCUT2D eigenvalue weighted by molar-refractivity contribution is 0.697. The number of para-hydroxylation sites is 1. The van der Waals surface area contributed by atoms with Crippen LogP contribution < -0.4 is 0 Å². The Labute approximate surface area is 108 Å². The molecule has 17 heavy (non-hydrogen) atoms. The van der Waals surface area contributed by atoms with E-state index >= 15 is 0 Å². The molecule has 88 valence electrons. The molecule has 1 fully saturated rings. The predicted octanol–water partition coefficient (Wildman–Crippen LogP) is 2.38. The molecular formula is C12H13BrN4. The molecule has 4 nitrogen and oxygen atoms in total. The molecule has 5 heteroatoms. The highest BCUT2D eigenvalue weighted by Gasteiger charge is 2.30. The maximum atomic E-state index is 4.11. The Morgan fingerprint density at radius 1 is 1.29 bits per heavy atom. The molecule has 1 unspecified atom stereocenters. The van der Waals surface area contributed by atoms with Gasteiger partial charge in [0.1, 0.15) is 0 Å². The molecule has 1 aliphatic carbocycles. The van der Waals surface area contributed by atoms with Crippen LogP contribution in [0.1, 0.15) is 18.7 Å². The van der Waals surface area contributed by atoms with Crippen molar-refractivity contribution in [3.8, 4) is 5.69 Å². The molecule has 1 atom stereocenters. The first-order chi connectivity index (χ1) is 8.34. The zero-order chi connectivity index (χ0) is 11.7. The molecule has 2 aromatic rings. The minimum atomic E-state index is 0.496. The van der Waals surface area contributed by atoms with Gasteiger partial charge in [-0.1, -0.05) is 34.1 Å². The van der Waals surface area contributed by atoms with Crippen LogP contribution in [0.4, 0.5) is 0 Å². The molecule has 0 amide bonds. The number of benzene rings is 1. The maximum Gasteiger partial charge on any atom is 0.157 e. The summed E-state index contributed by atoms with van der Waals surface area (Å²) in [6.45, 7) is 0. The van der Waals surface area contributed by atoms with Crippen molar-refractivity contribution in [1.29, 1.82) is 0 Å². The van der Waals surface area contributed by atoms with E-state index in [4.69, 9.17) is 0 Å². The Hall–Kier alpha value is -1.23. The van der Waals surface area contributed by atoms with Crippen LogP contribution in [0.2, 0.25) is 0 Å². The second-order valence-corrected chi connectivity index (χ2v) is 5.58. The summed E-state index contributed by atoms with van der Waals surface area (Å²) in [6.07, 6.45) is 3.53. The monoisotopic (exact) mass is 292 g/mol. The van der Waals surface area contributed by atoms with Gasteiger partial charge >= 0.3 is 0 Å². The summed E-state index contributed by atoms with van der Waals surface area (Å²) >= 11 is 3.72. The minimum Gasteiger partial charge on any atom is -0.197 e. The van der Waals surface area contributed by atoms with E-state index < -0.39 is 0 Å². The molecule has 1 heterocycles. The van der Waals surface area contributed by atoms with Gasteiger partial charge in [-0.3, -0.25) is 0 Å². The SMILES string of the molecule is BrC(Cc1nnnn1-c1ccccc1)C1CC1. The van der Waals surface area contributed by atoms with Crippen LogP contribution in [0.3, 0.4) is 0 Å². The van der Waals surface area contributed by atoms with Gasteiger partial charge in [-0.05, 0) is 41.3 Å². The molecule has 0 N–H and O–H groups in total. The first kappa shape index (κ1) is 10.9. The normalized spacial score (nSPS) is 17.0. The number of alkyl halides is 1. The Kier molecular flexibility index (Phi) is 2.93. The second kappa shape index (κ2) is 4.56. The molecular weight excluding hydrogens is 280 g/mol. The third kappa shape index (κ3) is 2.39. The second-order valence-electron chi connectivity index (χ2n) is 4.40. The molecule has 0 spiro atoms. The van der Waals surface area contributed by atoms with Crippen molar-refractivity contribution in [3.05, 3.63) is 36.2 Å². The Balaban J connectivity index is 1.83. The fraction of sp³-hybridized carbons (Fsp3) is 0.417. The van der Waals surface area contributed by atoms with Gasteiger partial charge in [-0.15, -0.1) is 5.10 Å². The predicted molar refractivity (Wildman–Crippen MR) is 68.3 cm³/mol. The molecule has 3 rings (SSSR count). The maximum absolute atomic E-state index is 4.11. The lowest BCUT2D eigenvalue weighted by atomic mass is 10.2. The Morgan fingerprint density at radius 3 is 2.76 bits per heavy atom. The molecule has 0 saturated heterocycles. The number of nitrogens with zero attached hydrogens (tertiary/aromatic N) is 4. The molecule has 0 aliphatic heterocycles. The number of rotatable bonds is 4. The van der Waals surface area contributed by atoms with E-state index in [9.17, 15) is 0 Å². The van der Waals surface area contributed by atoms with E-state index in [1.165, 1.54) is 12.8 Å². The van der Waals surface area contributed by atoms with Crippen molar-refractivity contribution in [2.75, 3.05) is 0 Å². The van der Waals surface area contributed by atoms with Crippen molar-refractivity contribution in [2.45, 2.75) is 24.1 Å². The van der Waals surface area contributed by atoms with E-state index in [0.717, 1.165) is 23.9 Å². The highest BCUT2D eigenvalue weighted by Crippen LogP contribution is 2.37. The van der Waals surface area contributed by atoms with Crippen LogP contribution >= 0.6 is 15.9 Å². The summed E-state index contributed by atoms with van der Waals surface area (Å²) in [5, 5.41) is 11.9. The third-order valence-corrected chi connectivity index (χ3v) is 4.12. The van der Waals surface area contributed by atoms with Crippen LogP contribution in [0.15, 0.2) is 30.3 Å². The average molecular weight is 293 g/mol. The van der Waals surface area contributed by atoms with Gasteiger partial charge in [-0.25, -0.2) is 0 Å². The van der Waals surface area contributed by atoms with E-state index in [-0.39, 0.29) is 0 Å². The van der Waals surface area contributed by atoms with Crippen LogP contribution in [-0.2, 0) is 6.42 Å². The van der Waals surface area contributed by atoms with Crippen molar-refractivity contribution in [1.82, 2.24) is 20.2 Å². The van der Waals surface area contributed by atoms with Gasteiger partial charge < -0.3 is 0 Å². The van der Waals surface area contributed by atoms with E-state index in [1.54, 1.807) is 0 Å². The van der Waals surface area contributed by atoms with Crippen LogP contribution in [-0.4, -0.2) is 25.0 Å². The highest BCUT2D eigenvalue weighted by molar-refractivity contribution is 9.09. The third-order valence-electron chi connectivity index (χ3n) is 3.05. The van der Waals surface area contributed by atoms with Gasteiger partial charge in [0.25, 0.3) is 0 Å². The summed E-state index contributed by atoms with van der Waals surface area (Å²) in [6, 6.07) is 10.0. The highest BCUT2D eigenvalue weighted by atomic mass is 79.9. The van der Waals surface area contributed by atoms with Crippen molar-refractivity contribution >= 4 is 15.9 Å². The number of hydrogen-bond acceptors (Lipinski definition) is 3. The van der Waals surface area contributed by atoms with Crippen molar-refractivity contribution < 1.29 is 0 Å². The topological polar surface area (TPSA) is 43.6 Å². The molecule has 0 radical (unpaired) electrons. The number of aromatic nitrogens is 4. The Morgan fingerprint density at radius 2 is 2.06 bits per heavy atom. The number of tetrazole rings is 1. The summed E-state index contributed by atoms with van der Waals surface area (Å²) < 4.78 is 1.82. The zero-order valence-corrected chi connectivity index (χ0v) is 10.9. The molecule has 1 aromatic carbocycles. The standard InChI is InChI=1S/C12H13BrN4/c13-11(9-6-7-9)8-12-14-15-16-17(12)10-4-2-1-3-5-10/h1-5,9,11H,6-8H2. The van der Waals surface area contributed by atoms with Crippen molar-refractivity contribution in [2.24, 2.45) is 5.92 Å². The van der Waals surface area contributed by atoms with E-state index in [1.807, 2.05) is 35.0 Å². The molecule has 1 saturated carbocycles. The van der Waals surface area contributed by atoms with Gasteiger partial charge in [0.05, 0.1) is 5.69 Å². The van der Waals surface area contributed by atoms with Crippen LogP contribution in [0, 0.1) is 5.92 Å². The number of hydrogen-bond donors (Lipinski definition) is 0. The minimum absolute atomic E-state index is 0.496. The van der Waals surface area contributed by atoms with Crippen LogP contribution in [0.25, 0.3) is 5.69 Å². The molecule has 0 bridgehead atoms. The summed E-state index contributed by atoms with van der Waals surface area (Å²) in [5.74, 6) is 1.72. The fourth-order valence-electron chi connectivity index (χ4n) is 1.90. The quantitative estimate of drug-likeness (QED) is 0.813. The molecule has 1 aliphatic rings. The lowest BCUT2D eigenvalue weighted by Crippen LogP contribution is -2.11. The zero-order valence-electron chi connectivity index (χ0n) is 9.33. The van der Waals surface area contributed by atoms with Gasteiger partial charge in [0, 0.05) is 11.2 Å². The smallest absolute Gasteiger partial charge is 0.157 e. The summed E-state index contributed by atoms with van der Waals surface area (Å²) in [4.78, 5) is 0.496. The summed E-state index contributed by atoms with van der Waals surface area (Å²) in [5.41, 5.74) is 1.02. The number of halogens is 1. The lowest BCUT2D eigenvalue weighted by Gasteiger charge is -2.08. The van der Waals surface area contributed by atoms with Gasteiger partial charge in [0.2, 0.25) is 0 Å². The van der Waals surface area contributed by atoms with E-state index in [2.05, 4.69) is 31.5 Å². The average Bonchev–Trinajstić information content (AvgIpc) is 3.12. The van der Waals surface area contributed by atoms with E-state index in [0.29, 0.717) is 4.83 Å². The summed E-state index contributed by atoms with van der Waals surface area (Å²) in [7, 11) is 0. The largest absolute Gasteiger partial charge is 0.197 e. The first-order valence-electron chi connectivity index (χ1n) is 5.81. The first-order valence-corrected chi connectivity index (χ1v) is 6.73. The fourth-order valence-corrected chi connectivity index (χ4v) is 2.72. The van der Waals surface area contributed by atoms with Gasteiger partial charge in [0.15, 0.2) is 5.82 Å².